The van der Waals surface area contributed by atoms with Crippen molar-refractivity contribution in [3.63, 3.8) is 0 Å². The van der Waals surface area contributed by atoms with Gasteiger partial charge in [-0.1, -0.05) is 12.5 Å². The van der Waals surface area contributed by atoms with Gasteiger partial charge in [-0.2, -0.15) is 0 Å². The number of β-amino-alcohol motifs (C(OH)–C–C–N with tert-alkyl or cyclic N) is 1. The molecule has 1 unspecified atom stereocenters. The number of thiophene rings is 1. The summed E-state index contributed by atoms with van der Waals surface area (Å²) in [5, 5.41) is 12.0. The Balaban J connectivity index is 1.84. The van der Waals surface area contributed by atoms with Gasteiger partial charge in [-0.05, 0) is 37.4 Å². The average molecular weight is 211 g/mol. The van der Waals surface area contributed by atoms with Crippen molar-refractivity contribution in [3.8, 4) is 0 Å². The maximum absolute atomic E-state index is 9.93. The predicted molar refractivity (Wildman–Crippen MR) is 59.6 cm³/mol. The minimum Gasteiger partial charge on any atom is -0.386 e. The van der Waals surface area contributed by atoms with Crippen LogP contribution in [0.2, 0.25) is 0 Å². The Kier molecular flexibility index (Phi) is 3.56. The molecule has 1 atom stereocenters. The third kappa shape index (κ3) is 2.56. The molecule has 1 saturated heterocycles. The van der Waals surface area contributed by atoms with E-state index in [0.717, 1.165) is 24.5 Å². The van der Waals surface area contributed by atoms with Gasteiger partial charge in [0.05, 0.1) is 0 Å². The van der Waals surface area contributed by atoms with Gasteiger partial charge in [0, 0.05) is 11.4 Å². The van der Waals surface area contributed by atoms with Gasteiger partial charge in [0.1, 0.15) is 6.10 Å². The first-order valence-corrected chi connectivity index (χ1v) is 6.18. The van der Waals surface area contributed by atoms with Gasteiger partial charge in [-0.3, -0.25) is 0 Å². The molecule has 1 N–H and O–H groups in total. The highest BCUT2D eigenvalue weighted by Gasteiger charge is 2.15. The number of likely N-dealkylation sites (tertiary alicyclic amines) is 1. The predicted octanol–water partition coefficient (Wildman–Crippen LogP) is 2.27. The van der Waals surface area contributed by atoms with E-state index in [9.17, 15) is 5.11 Å². The van der Waals surface area contributed by atoms with Crippen LogP contribution >= 0.6 is 11.3 Å². The second-order valence-corrected chi connectivity index (χ2v) is 4.87. The highest BCUT2D eigenvalue weighted by Crippen LogP contribution is 2.21. The first kappa shape index (κ1) is 10.1. The number of aliphatic hydroxyl groups excluding tert-OH is 1. The van der Waals surface area contributed by atoms with E-state index in [2.05, 4.69) is 4.90 Å². The molecule has 1 aromatic heterocycles. The van der Waals surface area contributed by atoms with Gasteiger partial charge in [-0.15, -0.1) is 11.3 Å². The first-order chi connectivity index (χ1) is 6.86. The molecular weight excluding hydrogens is 194 g/mol. The largest absolute Gasteiger partial charge is 0.386 e. The molecule has 2 nitrogen and oxygen atoms in total. The van der Waals surface area contributed by atoms with Crippen LogP contribution in [0.25, 0.3) is 0 Å². The van der Waals surface area contributed by atoms with Gasteiger partial charge in [-0.25, -0.2) is 0 Å². The minimum absolute atomic E-state index is 0.284. The van der Waals surface area contributed by atoms with E-state index in [1.54, 1.807) is 11.3 Å². The third-order valence-corrected chi connectivity index (χ3v) is 3.72. The summed E-state index contributed by atoms with van der Waals surface area (Å²) in [5.41, 5.74) is 0. The van der Waals surface area contributed by atoms with Crippen molar-refractivity contribution in [1.29, 1.82) is 0 Å². The van der Waals surface area contributed by atoms with Crippen molar-refractivity contribution in [2.24, 2.45) is 0 Å². The van der Waals surface area contributed by atoms with Crippen LogP contribution in [-0.4, -0.2) is 29.6 Å². The van der Waals surface area contributed by atoms with Crippen molar-refractivity contribution in [2.45, 2.75) is 25.4 Å². The van der Waals surface area contributed by atoms with Gasteiger partial charge in [0.2, 0.25) is 0 Å². The Morgan fingerprint density at radius 1 is 1.36 bits per heavy atom. The Morgan fingerprint density at radius 3 is 2.79 bits per heavy atom. The minimum atomic E-state index is -0.284. The van der Waals surface area contributed by atoms with Crippen LogP contribution in [0.15, 0.2) is 17.5 Å². The lowest BCUT2D eigenvalue weighted by Gasteiger charge is -2.28. The van der Waals surface area contributed by atoms with E-state index >= 15 is 0 Å². The lowest BCUT2D eigenvalue weighted by Crippen LogP contribution is -2.33. The second kappa shape index (κ2) is 4.91. The molecule has 3 heteroatoms. The molecule has 1 aliphatic heterocycles. The van der Waals surface area contributed by atoms with Crippen LogP contribution in [-0.2, 0) is 0 Å². The molecule has 2 heterocycles. The molecule has 1 fully saturated rings. The zero-order valence-electron chi connectivity index (χ0n) is 8.35. The van der Waals surface area contributed by atoms with Gasteiger partial charge < -0.3 is 10.0 Å². The molecule has 0 bridgehead atoms. The van der Waals surface area contributed by atoms with Crippen molar-refractivity contribution < 1.29 is 5.11 Å². The number of piperidine rings is 1. The van der Waals surface area contributed by atoms with Gasteiger partial charge >= 0.3 is 0 Å². The number of hydrogen-bond donors (Lipinski definition) is 1. The molecule has 78 valence electrons. The lowest BCUT2D eigenvalue weighted by atomic mass is 10.1. The highest BCUT2D eigenvalue weighted by molar-refractivity contribution is 7.10. The summed E-state index contributed by atoms with van der Waals surface area (Å²) in [5.74, 6) is 0. The van der Waals surface area contributed by atoms with Crippen LogP contribution in [0.1, 0.15) is 30.2 Å². The van der Waals surface area contributed by atoms with E-state index < -0.39 is 0 Å². The zero-order chi connectivity index (χ0) is 9.80. The molecule has 0 aromatic carbocycles. The SMILES string of the molecule is OC(CN1CCCCC1)c1cccs1. The maximum atomic E-state index is 9.93. The zero-order valence-corrected chi connectivity index (χ0v) is 9.17. The maximum Gasteiger partial charge on any atom is 0.101 e. The molecule has 0 amide bonds. The Labute approximate surface area is 89.2 Å². The smallest absolute Gasteiger partial charge is 0.101 e. The number of rotatable bonds is 3. The molecule has 14 heavy (non-hydrogen) atoms. The Morgan fingerprint density at radius 2 is 2.14 bits per heavy atom. The number of aliphatic hydroxyl groups is 1. The average Bonchev–Trinajstić information content (AvgIpc) is 2.72. The molecular formula is C11H17NOS. The normalized spacial score (nSPS) is 20.9. The van der Waals surface area contributed by atoms with Crippen molar-refractivity contribution in [2.75, 3.05) is 19.6 Å². The summed E-state index contributed by atoms with van der Waals surface area (Å²) < 4.78 is 0. The van der Waals surface area contributed by atoms with E-state index in [1.165, 1.54) is 19.3 Å². The number of nitrogens with zero attached hydrogens (tertiary/aromatic N) is 1. The summed E-state index contributed by atoms with van der Waals surface area (Å²) in [6.07, 6.45) is 3.65. The second-order valence-electron chi connectivity index (χ2n) is 3.89. The molecule has 1 aliphatic rings. The van der Waals surface area contributed by atoms with Crippen molar-refractivity contribution in [1.82, 2.24) is 4.90 Å². The molecule has 0 radical (unpaired) electrons. The van der Waals surface area contributed by atoms with Crippen LogP contribution < -0.4 is 0 Å². The lowest BCUT2D eigenvalue weighted by molar-refractivity contribution is 0.104. The van der Waals surface area contributed by atoms with Gasteiger partial charge in [0.15, 0.2) is 0 Å². The van der Waals surface area contributed by atoms with E-state index in [1.807, 2.05) is 17.5 Å². The van der Waals surface area contributed by atoms with E-state index in [4.69, 9.17) is 0 Å². The fraction of sp³-hybridized carbons (Fsp3) is 0.636. The molecule has 2 rings (SSSR count). The van der Waals surface area contributed by atoms with Crippen LogP contribution in [0.3, 0.4) is 0 Å². The fourth-order valence-electron chi connectivity index (χ4n) is 1.96. The molecule has 0 spiro atoms. The Bertz CT molecular complexity index is 254. The van der Waals surface area contributed by atoms with Crippen LogP contribution in [0.4, 0.5) is 0 Å². The van der Waals surface area contributed by atoms with Gasteiger partial charge in [0.25, 0.3) is 0 Å². The summed E-state index contributed by atoms with van der Waals surface area (Å²) in [7, 11) is 0. The van der Waals surface area contributed by atoms with Crippen LogP contribution in [0.5, 0.6) is 0 Å². The first-order valence-electron chi connectivity index (χ1n) is 5.30. The van der Waals surface area contributed by atoms with E-state index in [-0.39, 0.29) is 6.10 Å². The van der Waals surface area contributed by atoms with Crippen molar-refractivity contribution >= 4 is 11.3 Å². The number of hydrogen-bond acceptors (Lipinski definition) is 3. The highest BCUT2D eigenvalue weighted by atomic mass is 32.1. The Hall–Kier alpha value is -0.380. The fourth-order valence-corrected chi connectivity index (χ4v) is 2.66. The molecule has 1 aromatic rings. The quantitative estimate of drug-likeness (QED) is 0.829. The monoisotopic (exact) mass is 211 g/mol. The topological polar surface area (TPSA) is 23.5 Å². The third-order valence-electron chi connectivity index (χ3n) is 2.75. The summed E-state index contributed by atoms with van der Waals surface area (Å²) in [6.45, 7) is 3.12. The summed E-state index contributed by atoms with van der Waals surface area (Å²) in [6, 6.07) is 4.01. The van der Waals surface area contributed by atoms with E-state index in [0.29, 0.717) is 0 Å². The van der Waals surface area contributed by atoms with Crippen LogP contribution in [0, 0.1) is 0 Å². The molecule has 0 aliphatic carbocycles. The summed E-state index contributed by atoms with van der Waals surface area (Å²) in [4.78, 5) is 3.46. The molecule has 0 saturated carbocycles. The summed E-state index contributed by atoms with van der Waals surface area (Å²) >= 11 is 1.64. The standard InChI is InChI=1S/C11H17NOS/c13-10(11-5-4-8-14-11)9-12-6-2-1-3-7-12/h4-5,8,10,13H,1-3,6-7,9H2. The van der Waals surface area contributed by atoms with Crippen molar-refractivity contribution in [3.05, 3.63) is 22.4 Å².